The Morgan fingerprint density at radius 2 is 1.82 bits per heavy atom. The fourth-order valence-electron chi connectivity index (χ4n) is 4.05. The molecule has 0 saturated carbocycles. The van der Waals surface area contributed by atoms with Crippen molar-refractivity contribution in [2.24, 2.45) is 0 Å². The molecule has 4 rings (SSSR count). The van der Waals surface area contributed by atoms with Gasteiger partial charge in [0.1, 0.15) is 28.5 Å². The van der Waals surface area contributed by atoms with Crippen molar-refractivity contribution in [2.75, 3.05) is 29.0 Å². The van der Waals surface area contributed by atoms with Gasteiger partial charge >= 0.3 is 5.97 Å². The Bertz CT molecular complexity index is 1580. The van der Waals surface area contributed by atoms with Crippen molar-refractivity contribution in [3.05, 3.63) is 72.0 Å². The summed E-state index contributed by atoms with van der Waals surface area (Å²) in [6.45, 7) is 2.83. The van der Waals surface area contributed by atoms with E-state index in [4.69, 9.17) is 9.15 Å². The van der Waals surface area contributed by atoms with Crippen LogP contribution in [0.3, 0.4) is 0 Å². The minimum atomic E-state index is -3.81. The lowest BCUT2D eigenvalue weighted by atomic mass is 10.0. The smallest absolute Gasteiger partial charge is 0.340 e. The third-order valence-electron chi connectivity index (χ3n) is 5.62. The zero-order chi connectivity index (χ0) is 27.6. The molecule has 0 unspecified atom stereocenters. The van der Waals surface area contributed by atoms with E-state index in [0.29, 0.717) is 16.9 Å². The summed E-state index contributed by atoms with van der Waals surface area (Å²) < 4.78 is 51.8. The summed E-state index contributed by atoms with van der Waals surface area (Å²) in [5.41, 5.74) is 1.44. The first-order chi connectivity index (χ1) is 18.0. The van der Waals surface area contributed by atoms with Crippen molar-refractivity contribution in [1.29, 1.82) is 0 Å². The SMILES string of the molecule is CC(C)Oc1cc2c(C(=O)O)c(-c3ccc(Nc4ccccc4F)cc3)oc2cc1N(CCO)S(C)(=O)=O. The average molecular weight is 543 g/mol. The zero-order valence-corrected chi connectivity index (χ0v) is 21.8. The second kappa shape index (κ2) is 10.7. The highest BCUT2D eigenvalue weighted by atomic mass is 32.2. The summed E-state index contributed by atoms with van der Waals surface area (Å²) in [6.07, 6.45) is 0.648. The van der Waals surface area contributed by atoms with Gasteiger partial charge in [-0.3, -0.25) is 4.31 Å². The topological polar surface area (TPSA) is 129 Å². The molecule has 0 aliphatic rings. The Morgan fingerprint density at radius 1 is 1.13 bits per heavy atom. The van der Waals surface area contributed by atoms with Crippen LogP contribution in [0.25, 0.3) is 22.3 Å². The number of fused-ring (bicyclic) bond motifs is 1. The van der Waals surface area contributed by atoms with Crippen LogP contribution in [0.5, 0.6) is 5.75 Å². The van der Waals surface area contributed by atoms with Gasteiger partial charge in [-0.05, 0) is 56.3 Å². The largest absolute Gasteiger partial charge is 0.489 e. The number of carboxylic acid groups (broad SMARTS) is 1. The second-order valence-corrected chi connectivity index (χ2v) is 10.7. The molecule has 4 aromatic rings. The molecule has 1 heterocycles. The molecule has 200 valence electrons. The van der Waals surface area contributed by atoms with Crippen LogP contribution in [-0.2, 0) is 10.0 Å². The molecule has 9 nitrogen and oxygen atoms in total. The highest BCUT2D eigenvalue weighted by Crippen LogP contribution is 2.41. The summed E-state index contributed by atoms with van der Waals surface area (Å²) in [5.74, 6) is -1.47. The third kappa shape index (κ3) is 5.58. The first-order valence-corrected chi connectivity index (χ1v) is 13.6. The quantitative estimate of drug-likeness (QED) is 0.249. The number of furan rings is 1. The van der Waals surface area contributed by atoms with Gasteiger partial charge in [0.25, 0.3) is 0 Å². The molecule has 0 aliphatic carbocycles. The Labute approximate surface area is 219 Å². The van der Waals surface area contributed by atoms with E-state index < -0.39 is 28.4 Å². The highest BCUT2D eigenvalue weighted by Gasteiger charge is 2.27. The van der Waals surface area contributed by atoms with Crippen LogP contribution in [0, 0.1) is 5.82 Å². The molecule has 0 atom stereocenters. The molecule has 0 radical (unpaired) electrons. The molecule has 3 aromatic carbocycles. The average Bonchev–Trinajstić information content (AvgIpc) is 3.21. The summed E-state index contributed by atoms with van der Waals surface area (Å²) >= 11 is 0. The standard InChI is InChI=1S/C27H27FN2O7S/c1-16(2)36-24-14-19-23(15-22(24)30(12-13-31)38(3,34)35)37-26(25(19)27(32)33)17-8-10-18(11-9-17)29-21-7-5-4-6-20(21)28/h4-11,14-16,29,31H,12-13H2,1-3H3,(H,32,33). The number of nitrogens with zero attached hydrogens (tertiary/aromatic N) is 1. The van der Waals surface area contributed by atoms with Crippen LogP contribution >= 0.6 is 0 Å². The fraction of sp³-hybridized carbons (Fsp3) is 0.222. The Morgan fingerprint density at radius 3 is 2.39 bits per heavy atom. The van der Waals surface area contributed by atoms with E-state index in [2.05, 4.69) is 5.32 Å². The van der Waals surface area contributed by atoms with Gasteiger partial charge in [0.2, 0.25) is 10.0 Å². The van der Waals surface area contributed by atoms with Crippen molar-refractivity contribution >= 4 is 44.0 Å². The van der Waals surface area contributed by atoms with Gasteiger partial charge in [0, 0.05) is 22.7 Å². The monoisotopic (exact) mass is 542 g/mol. The molecule has 0 amide bonds. The van der Waals surface area contributed by atoms with Gasteiger partial charge in [-0.2, -0.15) is 0 Å². The number of aliphatic hydroxyl groups excluding tert-OH is 1. The van der Waals surface area contributed by atoms with E-state index in [1.165, 1.54) is 18.2 Å². The Hall–Kier alpha value is -4.09. The number of aliphatic hydroxyl groups is 1. The van der Waals surface area contributed by atoms with Crippen molar-refractivity contribution in [2.45, 2.75) is 20.0 Å². The van der Waals surface area contributed by atoms with E-state index in [-0.39, 0.29) is 46.4 Å². The number of hydrogen-bond donors (Lipinski definition) is 3. The van der Waals surface area contributed by atoms with Crippen LogP contribution in [-0.4, -0.2) is 50.1 Å². The number of benzene rings is 3. The van der Waals surface area contributed by atoms with Gasteiger partial charge in [-0.1, -0.05) is 12.1 Å². The molecule has 1 aromatic heterocycles. The van der Waals surface area contributed by atoms with Crippen molar-refractivity contribution in [3.8, 4) is 17.1 Å². The third-order valence-corrected chi connectivity index (χ3v) is 6.80. The number of hydrogen-bond acceptors (Lipinski definition) is 7. The summed E-state index contributed by atoms with van der Waals surface area (Å²) in [4.78, 5) is 12.3. The number of carbonyl (C=O) groups is 1. The normalized spacial score (nSPS) is 11.6. The highest BCUT2D eigenvalue weighted by molar-refractivity contribution is 7.92. The van der Waals surface area contributed by atoms with Gasteiger partial charge in [0.05, 0.1) is 36.9 Å². The van der Waals surface area contributed by atoms with Crippen LogP contribution in [0.1, 0.15) is 24.2 Å². The number of carboxylic acids is 1. The molecule has 0 bridgehead atoms. The lowest BCUT2D eigenvalue weighted by Crippen LogP contribution is -2.33. The molecule has 3 N–H and O–H groups in total. The van der Waals surface area contributed by atoms with E-state index in [9.17, 15) is 27.8 Å². The Kier molecular flexibility index (Phi) is 7.61. The van der Waals surface area contributed by atoms with E-state index >= 15 is 0 Å². The molecule has 0 fully saturated rings. The maximum atomic E-state index is 14.0. The van der Waals surface area contributed by atoms with Crippen molar-refractivity contribution < 1.29 is 37.0 Å². The molecule has 38 heavy (non-hydrogen) atoms. The molecule has 0 saturated heterocycles. The van der Waals surface area contributed by atoms with Crippen LogP contribution in [0.2, 0.25) is 0 Å². The zero-order valence-electron chi connectivity index (χ0n) is 20.9. The maximum Gasteiger partial charge on any atom is 0.340 e. The molecular formula is C27H27FN2O7S. The number of ether oxygens (including phenoxy) is 1. The lowest BCUT2D eigenvalue weighted by Gasteiger charge is -2.24. The van der Waals surface area contributed by atoms with Gasteiger partial charge in [-0.25, -0.2) is 17.6 Å². The number of aromatic carboxylic acids is 1. The van der Waals surface area contributed by atoms with Crippen LogP contribution in [0.4, 0.5) is 21.5 Å². The molecule has 0 spiro atoms. The number of sulfonamides is 1. The number of anilines is 3. The van der Waals surface area contributed by atoms with E-state index in [1.807, 2.05) is 0 Å². The van der Waals surface area contributed by atoms with E-state index in [0.717, 1.165) is 10.6 Å². The summed E-state index contributed by atoms with van der Waals surface area (Å²) in [5, 5.41) is 22.7. The number of halogens is 1. The second-order valence-electron chi connectivity index (χ2n) is 8.83. The van der Waals surface area contributed by atoms with Crippen molar-refractivity contribution in [3.63, 3.8) is 0 Å². The molecular weight excluding hydrogens is 515 g/mol. The van der Waals surface area contributed by atoms with Crippen molar-refractivity contribution in [1.82, 2.24) is 0 Å². The fourth-order valence-corrected chi connectivity index (χ4v) is 4.96. The predicted molar refractivity (Wildman–Crippen MR) is 143 cm³/mol. The predicted octanol–water partition coefficient (Wildman–Crippen LogP) is 5.23. The number of rotatable bonds is 10. The van der Waals surface area contributed by atoms with E-state index in [1.54, 1.807) is 56.3 Å². The summed E-state index contributed by atoms with van der Waals surface area (Å²) in [6, 6.07) is 15.6. The Balaban J connectivity index is 1.84. The first kappa shape index (κ1) is 27.0. The molecule has 0 aliphatic heterocycles. The first-order valence-electron chi connectivity index (χ1n) is 11.7. The van der Waals surface area contributed by atoms with Crippen LogP contribution in [0.15, 0.2) is 65.1 Å². The minimum absolute atomic E-state index is 0.0608. The number of nitrogens with one attached hydrogen (secondary N) is 1. The van der Waals surface area contributed by atoms with Gasteiger partial charge in [0.15, 0.2) is 0 Å². The minimum Gasteiger partial charge on any atom is -0.489 e. The molecule has 11 heteroatoms. The number of para-hydroxylation sites is 1. The van der Waals surface area contributed by atoms with Crippen LogP contribution < -0.4 is 14.4 Å². The maximum absolute atomic E-state index is 14.0. The lowest BCUT2D eigenvalue weighted by molar-refractivity contribution is 0.0699. The summed E-state index contributed by atoms with van der Waals surface area (Å²) in [7, 11) is -3.81. The van der Waals surface area contributed by atoms with Gasteiger partial charge < -0.3 is 24.7 Å². The van der Waals surface area contributed by atoms with Gasteiger partial charge in [-0.15, -0.1) is 0 Å².